The number of methoxy groups -OCH3 is 1. The fraction of sp³-hybridized carbons (Fsp3) is 0.259. The summed E-state index contributed by atoms with van der Waals surface area (Å²) in [7, 11) is 3.53. The molecule has 0 N–H and O–H groups in total. The van der Waals surface area contributed by atoms with Crippen LogP contribution in [0, 0.1) is 19.3 Å². The average Bonchev–Trinajstić information content (AvgIpc) is 3.16. The molecule has 1 atom stereocenters. The van der Waals surface area contributed by atoms with E-state index in [1.54, 1.807) is 25.4 Å². The first-order chi connectivity index (χ1) is 15.9. The predicted octanol–water partition coefficient (Wildman–Crippen LogP) is 6.48. The van der Waals surface area contributed by atoms with E-state index < -0.39 is 6.67 Å². The number of aromatic nitrogens is 2. The van der Waals surface area contributed by atoms with Gasteiger partial charge in [-0.1, -0.05) is 54.4 Å². The molecular weight excluding hydrogens is 437 g/mol. The summed E-state index contributed by atoms with van der Waals surface area (Å²) in [4.78, 5) is 9.05. The molecule has 6 heteroatoms. The Morgan fingerprint density at radius 3 is 2.52 bits per heavy atom. The zero-order valence-corrected chi connectivity index (χ0v) is 19.9. The Balaban J connectivity index is 1.88. The molecule has 0 aliphatic carbocycles. The molecule has 0 saturated heterocycles. The number of aliphatic imine (C=N–C) groups is 1. The molecular formula is C27H27ClFN3O. The fourth-order valence-electron chi connectivity index (χ4n) is 3.57. The van der Waals surface area contributed by atoms with E-state index in [2.05, 4.69) is 22.5 Å². The van der Waals surface area contributed by atoms with E-state index in [1.807, 2.05) is 48.9 Å². The molecule has 170 valence electrons. The molecule has 1 unspecified atom stereocenters. The number of ether oxygens (including phenoxy) is 1. The molecule has 2 aromatic carbocycles. The summed E-state index contributed by atoms with van der Waals surface area (Å²) in [5.41, 5.74) is 4.92. The van der Waals surface area contributed by atoms with Crippen LogP contribution in [-0.4, -0.2) is 22.6 Å². The predicted molar refractivity (Wildman–Crippen MR) is 134 cm³/mol. The quantitative estimate of drug-likeness (QED) is 0.218. The zero-order chi connectivity index (χ0) is 24.0. The van der Waals surface area contributed by atoms with Crippen molar-refractivity contribution in [1.82, 2.24) is 9.55 Å². The second-order valence-corrected chi connectivity index (χ2v) is 8.19. The van der Waals surface area contributed by atoms with Crippen molar-refractivity contribution in [3.05, 3.63) is 89.0 Å². The van der Waals surface area contributed by atoms with Crippen LogP contribution in [0.2, 0.25) is 0 Å². The van der Waals surface area contributed by atoms with Gasteiger partial charge in [0.25, 0.3) is 0 Å². The van der Waals surface area contributed by atoms with Gasteiger partial charge in [0.2, 0.25) is 0 Å². The third-order valence-electron chi connectivity index (χ3n) is 5.65. The van der Waals surface area contributed by atoms with Gasteiger partial charge in [-0.15, -0.1) is 6.42 Å². The number of hydrogen-bond donors (Lipinski definition) is 0. The maximum atomic E-state index is 12.7. The SMILES string of the molecule is C#CC(c1ccc(N=C(CCc2ccc(CF)cc2)OC)c(C(=C)Cl)c1)c1cnc(C)n1C. The van der Waals surface area contributed by atoms with Crippen LogP contribution in [0.1, 0.15) is 46.1 Å². The largest absolute Gasteiger partial charge is 0.484 e. The number of imidazole rings is 1. The maximum absolute atomic E-state index is 12.7. The monoisotopic (exact) mass is 463 g/mol. The smallest absolute Gasteiger partial charge is 0.188 e. The third-order valence-corrected chi connectivity index (χ3v) is 5.85. The second kappa shape index (κ2) is 11.0. The minimum atomic E-state index is -0.465. The van der Waals surface area contributed by atoms with Gasteiger partial charge in [-0.25, -0.2) is 14.4 Å². The van der Waals surface area contributed by atoms with Gasteiger partial charge in [0.1, 0.15) is 12.5 Å². The van der Waals surface area contributed by atoms with Crippen LogP contribution in [0.5, 0.6) is 0 Å². The standard InChI is InChI=1S/C27H27ClFN3O/c1-6-23(26-17-30-19(3)32(26)4)22-12-13-25(24(15-22)18(2)28)31-27(33-5)14-11-20-7-9-21(16-29)10-8-20/h1,7-10,12-13,15,17,23H,2,11,14,16H2,3-5H3. The Kier molecular flexibility index (Phi) is 8.08. The lowest BCUT2D eigenvalue weighted by molar-refractivity contribution is 0.390. The van der Waals surface area contributed by atoms with E-state index in [4.69, 9.17) is 22.8 Å². The number of alkyl halides is 1. The van der Waals surface area contributed by atoms with E-state index in [-0.39, 0.29) is 5.92 Å². The molecule has 0 spiro atoms. The van der Waals surface area contributed by atoms with E-state index in [9.17, 15) is 4.39 Å². The summed E-state index contributed by atoms with van der Waals surface area (Å²) < 4.78 is 20.2. The molecule has 0 bridgehead atoms. The van der Waals surface area contributed by atoms with Crippen molar-refractivity contribution in [1.29, 1.82) is 0 Å². The van der Waals surface area contributed by atoms with Gasteiger partial charge in [-0.05, 0) is 42.2 Å². The molecule has 0 amide bonds. The van der Waals surface area contributed by atoms with Gasteiger partial charge in [0.05, 0.1) is 30.6 Å². The third kappa shape index (κ3) is 5.71. The summed E-state index contributed by atoms with van der Waals surface area (Å²) in [5, 5.41) is 0.366. The molecule has 3 aromatic rings. The number of halogens is 2. The summed E-state index contributed by atoms with van der Waals surface area (Å²) in [6.07, 6.45) is 8.98. The van der Waals surface area contributed by atoms with Crippen molar-refractivity contribution in [2.24, 2.45) is 12.0 Å². The molecule has 33 heavy (non-hydrogen) atoms. The summed E-state index contributed by atoms with van der Waals surface area (Å²) in [6, 6.07) is 13.2. The van der Waals surface area contributed by atoms with Crippen molar-refractivity contribution in [3.63, 3.8) is 0 Å². The van der Waals surface area contributed by atoms with Gasteiger partial charge in [0.15, 0.2) is 5.90 Å². The summed E-state index contributed by atoms with van der Waals surface area (Å²) in [5.74, 6) is 4.02. The number of benzene rings is 2. The Hall–Kier alpha value is -3.36. The van der Waals surface area contributed by atoms with Crippen LogP contribution < -0.4 is 0 Å². The lowest BCUT2D eigenvalue weighted by atomic mass is 9.94. The Labute approximate surface area is 199 Å². The van der Waals surface area contributed by atoms with Crippen molar-refractivity contribution < 1.29 is 9.13 Å². The normalized spacial score (nSPS) is 12.3. The van der Waals surface area contributed by atoms with Crippen LogP contribution in [-0.2, 0) is 24.9 Å². The molecule has 0 saturated carbocycles. The van der Waals surface area contributed by atoms with E-state index in [1.165, 1.54) is 0 Å². The number of rotatable bonds is 8. The van der Waals surface area contributed by atoms with E-state index >= 15 is 0 Å². The first-order valence-electron chi connectivity index (χ1n) is 10.6. The Morgan fingerprint density at radius 2 is 1.97 bits per heavy atom. The van der Waals surface area contributed by atoms with Gasteiger partial charge in [0, 0.05) is 24.1 Å². The van der Waals surface area contributed by atoms with Gasteiger partial charge in [-0.3, -0.25) is 0 Å². The van der Waals surface area contributed by atoms with Gasteiger partial charge >= 0.3 is 0 Å². The van der Waals surface area contributed by atoms with Gasteiger partial charge in [-0.2, -0.15) is 0 Å². The van der Waals surface area contributed by atoms with Crippen LogP contribution in [0.4, 0.5) is 10.1 Å². The number of terminal acetylenes is 1. The number of hydrogen-bond acceptors (Lipinski definition) is 3. The molecule has 0 fully saturated rings. The van der Waals surface area contributed by atoms with Gasteiger partial charge < -0.3 is 9.30 Å². The highest BCUT2D eigenvalue weighted by atomic mass is 35.5. The lowest BCUT2D eigenvalue weighted by Gasteiger charge is -2.15. The minimum Gasteiger partial charge on any atom is -0.484 e. The zero-order valence-electron chi connectivity index (χ0n) is 19.1. The van der Waals surface area contributed by atoms with Crippen LogP contribution in [0.15, 0.2) is 60.2 Å². The maximum Gasteiger partial charge on any atom is 0.188 e. The highest BCUT2D eigenvalue weighted by Gasteiger charge is 2.18. The topological polar surface area (TPSA) is 39.4 Å². The highest BCUT2D eigenvalue weighted by Crippen LogP contribution is 2.34. The summed E-state index contributed by atoms with van der Waals surface area (Å²) >= 11 is 6.33. The minimum absolute atomic E-state index is 0.279. The van der Waals surface area contributed by atoms with Crippen LogP contribution in [0.25, 0.3) is 5.03 Å². The molecule has 1 aromatic heterocycles. The number of nitrogens with zero attached hydrogens (tertiary/aromatic N) is 3. The molecule has 0 aliphatic heterocycles. The van der Waals surface area contributed by atoms with Crippen molar-refractivity contribution in [2.45, 2.75) is 32.4 Å². The molecule has 3 rings (SSSR count). The molecule has 1 heterocycles. The summed E-state index contributed by atoms with van der Waals surface area (Å²) in [6.45, 7) is 5.37. The Bertz CT molecular complexity index is 1210. The first kappa shape index (κ1) is 24.3. The molecule has 4 nitrogen and oxygen atoms in total. The Morgan fingerprint density at radius 1 is 1.27 bits per heavy atom. The highest BCUT2D eigenvalue weighted by molar-refractivity contribution is 6.48. The van der Waals surface area contributed by atoms with E-state index in [0.717, 1.165) is 22.6 Å². The van der Waals surface area contributed by atoms with Crippen molar-refractivity contribution in [2.75, 3.05) is 7.11 Å². The lowest BCUT2D eigenvalue weighted by Crippen LogP contribution is -2.06. The van der Waals surface area contributed by atoms with E-state index in [0.29, 0.717) is 40.6 Å². The van der Waals surface area contributed by atoms with Crippen LogP contribution >= 0.6 is 11.6 Å². The van der Waals surface area contributed by atoms with Crippen LogP contribution in [0.3, 0.4) is 0 Å². The first-order valence-corrected chi connectivity index (χ1v) is 10.9. The fourth-order valence-corrected chi connectivity index (χ4v) is 3.72. The number of aryl methyl sites for hydroxylation is 2. The van der Waals surface area contributed by atoms with Crippen molar-refractivity contribution in [3.8, 4) is 12.3 Å². The van der Waals surface area contributed by atoms with Crippen molar-refractivity contribution >= 4 is 28.2 Å². The second-order valence-electron chi connectivity index (χ2n) is 7.73. The molecule has 0 radical (unpaired) electrons. The average molecular weight is 464 g/mol. The molecule has 0 aliphatic rings.